The largest absolute Gasteiger partial charge is 0.0658 e. The van der Waals surface area contributed by atoms with E-state index in [-0.39, 0.29) is 0 Å². The highest BCUT2D eigenvalue weighted by molar-refractivity contribution is 6.08. The fourth-order valence-corrected chi connectivity index (χ4v) is 2.94. The van der Waals surface area contributed by atoms with E-state index >= 15 is 0 Å². The van der Waals surface area contributed by atoms with Gasteiger partial charge in [-0.2, -0.15) is 0 Å². The molecule has 0 spiro atoms. The normalized spacial score (nSPS) is 11.1. The molecule has 0 saturated carbocycles. The molecule has 0 aromatic heterocycles. The quantitative estimate of drug-likeness (QED) is 0.294. The Balaban J connectivity index is 2.85. The van der Waals surface area contributed by atoms with Crippen molar-refractivity contribution in [2.75, 3.05) is 0 Å². The molecule has 1 heteroatoms. The molecule has 0 aliphatic rings. The summed E-state index contributed by atoms with van der Waals surface area (Å²) >= 11 is 0. The Morgan fingerprint density at radius 2 is 0.765 bits per heavy atom. The van der Waals surface area contributed by atoms with E-state index in [1.54, 1.807) is 0 Å². The van der Waals surface area contributed by atoms with Crippen molar-refractivity contribution in [1.82, 2.24) is 0 Å². The summed E-state index contributed by atoms with van der Waals surface area (Å²) in [5, 5.41) is 0. The SMILES string of the molecule is CCCCCCCCCCCCCCCC[SiH3]. The molecule has 0 nitrogen and oxygen atoms in total. The second kappa shape index (κ2) is 16.2. The van der Waals surface area contributed by atoms with Crippen molar-refractivity contribution in [3.05, 3.63) is 0 Å². The smallest absolute Gasteiger partial charge is 0.00279 e. The topological polar surface area (TPSA) is 0 Å². The minimum absolute atomic E-state index is 1.38. The van der Waals surface area contributed by atoms with Gasteiger partial charge in [0, 0.05) is 10.2 Å². The molecule has 0 heterocycles. The molecule has 0 saturated heterocycles. The number of rotatable bonds is 14. The molecule has 0 fully saturated rings. The Morgan fingerprint density at radius 1 is 0.471 bits per heavy atom. The Hall–Kier alpha value is 0.217. The maximum atomic E-state index is 2.29. The van der Waals surface area contributed by atoms with Gasteiger partial charge in [0.15, 0.2) is 0 Å². The zero-order valence-corrected chi connectivity index (χ0v) is 14.6. The van der Waals surface area contributed by atoms with Crippen molar-refractivity contribution in [3.8, 4) is 0 Å². The highest BCUT2D eigenvalue weighted by Crippen LogP contribution is 2.12. The molecule has 0 N–H and O–H groups in total. The first kappa shape index (κ1) is 17.2. The van der Waals surface area contributed by atoms with Crippen LogP contribution in [0.2, 0.25) is 6.04 Å². The van der Waals surface area contributed by atoms with Crippen LogP contribution in [0.1, 0.15) is 96.8 Å². The van der Waals surface area contributed by atoms with Gasteiger partial charge in [-0.1, -0.05) is 103 Å². The summed E-state index contributed by atoms with van der Waals surface area (Å²) < 4.78 is 0. The van der Waals surface area contributed by atoms with Gasteiger partial charge in [-0.05, 0) is 0 Å². The highest BCUT2D eigenvalue weighted by Gasteiger charge is 1.93. The van der Waals surface area contributed by atoms with Crippen LogP contribution in [0.3, 0.4) is 0 Å². The van der Waals surface area contributed by atoms with Crippen LogP contribution in [0.25, 0.3) is 0 Å². The molecular weight excluding hydrogens is 220 g/mol. The minimum Gasteiger partial charge on any atom is -0.0658 e. The molecule has 0 amide bonds. The zero-order valence-electron chi connectivity index (χ0n) is 12.6. The van der Waals surface area contributed by atoms with Gasteiger partial charge in [-0.25, -0.2) is 0 Å². The van der Waals surface area contributed by atoms with Gasteiger partial charge in [0.25, 0.3) is 0 Å². The standard InChI is InChI=1S/C16H36Si/c1-2-3-4-5-6-7-8-9-10-11-12-13-14-15-16-17/h2-16H2,1,17H3. The Bertz CT molecular complexity index is 109. The highest BCUT2D eigenvalue weighted by atomic mass is 28.1. The molecule has 0 aliphatic heterocycles. The van der Waals surface area contributed by atoms with E-state index in [0.29, 0.717) is 0 Å². The number of hydrogen-bond acceptors (Lipinski definition) is 0. The molecule has 0 unspecified atom stereocenters. The summed E-state index contributed by atoms with van der Waals surface area (Å²) in [4.78, 5) is 0. The van der Waals surface area contributed by atoms with E-state index in [0.717, 1.165) is 0 Å². The van der Waals surface area contributed by atoms with E-state index in [9.17, 15) is 0 Å². The van der Waals surface area contributed by atoms with E-state index in [1.165, 1.54) is 106 Å². The van der Waals surface area contributed by atoms with Crippen molar-refractivity contribution < 1.29 is 0 Å². The number of unbranched alkanes of at least 4 members (excludes halogenated alkanes) is 13. The average Bonchev–Trinajstić information content (AvgIpc) is 2.35. The van der Waals surface area contributed by atoms with E-state index < -0.39 is 0 Å². The van der Waals surface area contributed by atoms with Crippen molar-refractivity contribution in [1.29, 1.82) is 0 Å². The molecule has 0 radical (unpaired) electrons. The van der Waals surface area contributed by atoms with Gasteiger partial charge in [0.1, 0.15) is 0 Å². The fraction of sp³-hybridized carbons (Fsp3) is 1.00. The Morgan fingerprint density at radius 3 is 1.06 bits per heavy atom. The first-order chi connectivity index (χ1) is 8.41. The first-order valence-corrected chi connectivity index (χ1v) is 9.83. The molecule has 0 aromatic rings. The lowest BCUT2D eigenvalue weighted by atomic mass is 10.0. The Labute approximate surface area is 113 Å². The minimum atomic E-state index is 1.38. The predicted molar refractivity (Wildman–Crippen MR) is 85.1 cm³/mol. The van der Waals surface area contributed by atoms with Crippen LogP contribution in [-0.2, 0) is 0 Å². The van der Waals surface area contributed by atoms with E-state index in [1.807, 2.05) is 0 Å². The maximum Gasteiger partial charge on any atom is 0.00279 e. The van der Waals surface area contributed by atoms with E-state index in [4.69, 9.17) is 0 Å². The summed E-state index contributed by atoms with van der Waals surface area (Å²) in [5.74, 6) is 0. The summed E-state index contributed by atoms with van der Waals surface area (Å²) in [5.41, 5.74) is 0. The lowest BCUT2D eigenvalue weighted by Gasteiger charge is -2.02. The van der Waals surface area contributed by atoms with Gasteiger partial charge in [0.05, 0.1) is 0 Å². The third-order valence-electron chi connectivity index (χ3n) is 3.71. The van der Waals surface area contributed by atoms with Crippen LogP contribution in [0, 0.1) is 0 Å². The monoisotopic (exact) mass is 256 g/mol. The average molecular weight is 257 g/mol. The zero-order chi connectivity index (χ0) is 12.6. The predicted octanol–water partition coefficient (Wildman–Crippen LogP) is 5.25. The third kappa shape index (κ3) is 16.2. The second-order valence-corrected chi connectivity index (χ2v) is 6.60. The molecule has 0 aliphatic carbocycles. The number of hydrogen-bond donors (Lipinski definition) is 0. The first-order valence-electron chi connectivity index (χ1n) is 8.41. The molecule has 104 valence electrons. The molecular formula is C16H36Si. The van der Waals surface area contributed by atoms with Crippen LogP contribution < -0.4 is 0 Å². The van der Waals surface area contributed by atoms with Crippen LogP contribution in [0.5, 0.6) is 0 Å². The van der Waals surface area contributed by atoms with Crippen molar-refractivity contribution in [2.24, 2.45) is 0 Å². The summed E-state index contributed by atoms with van der Waals surface area (Å²) in [6.07, 6.45) is 20.7. The van der Waals surface area contributed by atoms with Gasteiger partial charge in [-0.15, -0.1) is 0 Å². The van der Waals surface area contributed by atoms with Crippen LogP contribution >= 0.6 is 0 Å². The van der Waals surface area contributed by atoms with Crippen LogP contribution in [0.4, 0.5) is 0 Å². The van der Waals surface area contributed by atoms with Gasteiger partial charge >= 0.3 is 0 Å². The van der Waals surface area contributed by atoms with E-state index in [2.05, 4.69) is 6.92 Å². The van der Waals surface area contributed by atoms with Crippen molar-refractivity contribution in [3.63, 3.8) is 0 Å². The second-order valence-electron chi connectivity index (χ2n) is 5.60. The van der Waals surface area contributed by atoms with Gasteiger partial charge in [-0.3, -0.25) is 0 Å². The fourth-order valence-electron chi connectivity index (χ4n) is 2.44. The van der Waals surface area contributed by atoms with Gasteiger partial charge < -0.3 is 0 Å². The van der Waals surface area contributed by atoms with Crippen LogP contribution in [0.15, 0.2) is 0 Å². The lowest BCUT2D eigenvalue weighted by Crippen LogP contribution is -1.83. The molecule has 0 aromatic carbocycles. The Kier molecular flexibility index (Phi) is 16.4. The summed E-state index contributed by atoms with van der Waals surface area (Å²) in [6.45, 7) is 2.29. The summed E-state index contributed by atoms with van der Waals surface area (Å²) in [6, 6.07) is 1.51. The van der Waals surface area contributed by atoms with Crippen LogP contribution in [-0.4, -0.2) is 10.2 Å². The van der Waals surface area contributed by atoms with Crippen molar-refractivity contribution in [2.45, 2.75) is 103 Å². The lowest BCUT2D eigenvalue weighted by molar-refractivity contribution is 0.538. The molecule has 17 heavy (non-hydrogen) atoms. The van der Waals surface area contributed by atoms with Gasteiger partial charge in [0.2, 0.25) is 0 Å². The van der Waals surface area contributed by atoms with Crippen molar-refractivity contribution >= 4 is 10.2 Å². The molecule has 0 atom stereocenters. The molecule has 0 rings (SSSR count). The third-order valence-corrected chi connectivity index (χ3v) is 4.41. The summed E-state index contributed by atoms with van der Waals surface area (Å²) in [7, 11) is 1.41. The maximum absolute atomic E-state index is 2.29. The molecule has 0 bridgehead atoms.